The highest BCUT2D eigenvalue weighted by molar-refractivity contribution is 9.11. The second-order valence-electron chi connectivity index (χ2n) is 4.41. The highest BCUT2D eigenvalue weighted by Gasteiger charge is 2.29. The normalized spacial score (nSPS) is 18.7. The molecule has 0 N–H and O–H groups in total. The Morgan fingerprint density at radius 3 is 2.32 bits per heavy atom. The molecule has 2 rings (SSSR count). The van der Waals surface area contributed by atoms with Crippen LogP contribution in [0.5, 0.6) is 0 Å². The molecule has 0 atom stereocenters. The van der Waals surface area contributed by atoms with E-state index in [1.165, 1.54) is 0 Å². The maximum absolute atomic E-state index is 12.6. The molecule has 0 spiro atoms. The van der Waals surface area contributed by atoms with Gasteiger partial charge in [-0.25, -0.2) is 8.42 Å². The molecule has 19 heavy (non-hydrogen) atoms. The summed E-state index contributed by atoms with van der Waals surface area (Å²) in [6, 6.07) is 5.14. The van der Waals surface area contributed by atoms with E-state index in [4.69, 9.17) is 0 Å². The zero-order chi connectivity index (χ0) is 14.0. The molecule has 1 aliphatic heterocycles. The van der Waals surface area contributed by atoms with E-state index >= 15 is 0 Å². The Hall–Kier alpha value is 0.0500. The Labute approximate surface area is 131 Å². The minimum absolute atomic E-state index is 0.334. The minimum atomic E-state index is -3.40. The lowest BCUT2D eigenvalue weighted by Gasteiger charge is -2.33. The average molecular weight is 412 g/mol. The quantitative estimate of drug-likeness (QED) is 0.767. The van der Waals surface area contributed by atoms with Crippen molar-refractivity contribution >= 4 is 41.9 Å². The molecule has 1 heterocycles. The molecule has 4 nitrogen and oxygen atoms in total. The highest BCUT2D eigenvalue weighted by Crippen LogP contribution is 2.28. The first-order valence-corrected chi connectivity index (χ1v) is 9.15. The van der Waals surface area contributed by atoms with Crippen LogP contribution >= 0.6 is 31.9 Å². The number of nitrogens with zero attached hydrogens (tertiary/aromatic N) is 2. The van der Waals surface area contributed by atoms with Gasteiger partial charge in [0.25, 0.3) is 0 Å². The van der Waals surface area contributed by atoms with E-state index in [0.29, 0.717) is 22.5 Å². The third-order valence-electron chi connectivity index (χ3n) is 3.29. The zero-order valence-electron chi connectivity index (χ0n) is 10.6. The number of hydrogen-bond donors (Lipinski definition) is 0. The van der Waals surface area contributed by atoms with Crippen LogP contribution in [0.1, 0.15) is 6.92 Å². The molecule has 0 saturated carbocycles. The van der Waals surface area contributed by atoms with Crippen molar-refractivity contribution in [3.8, 4) is 0 Å². The van der Waals surface area contributed by atoms with Crippen LogP contribution in [0.15, 0.2) is 32.0 Å². The van der Waals surface area contributed by atoms with Gasteiger partial charge in [-0.2, -0.15) is 4.31 Å². The van der Waals surface area contributed by atoms with E-state index in [9.17, 15) is 8.42 Å². The third-order valence-corrected chi connectivity index (χ3v) is 6.66. The summed E-state index contributed by atoms with van der Waals surface area (Å²) in [5, 5.41) is 0. The SMILES string of the molecule is CCN1CCN(S(=O)(=O)c2ccc(Br)cc2Br)CC1. The Morgan fingerprint density at radius 1 is 1.16 bits per heavy atom. The largest absolute Gasteiger partial charge is 0.301 e. The molecule has 1 fully saturated rings. The first kappa shape index (κ1) is 15.4. The predicted octanol–water partition coefficient (Wildman–Crippen LogP) is 2.54. The summed E-state index contributed by atoms with van der Waals surface area (Å²) in [4.78, 5) is 2.59. The molecule has 7 heteroatoms. The van der Waals surface area contributed by atoms with Crippen LogP contribution in [-0.4, -0.2) is 50.3 Å². The van der Waals surface area contributed by atoms with Crippen LogP contribution in [0, 0.1) is 0 Å². The summed E-state index contributed by atoms with van der Waals surface area (Å²) in [6.07, 6.45) is 0. The Kier molecular flexibility index (Phi) is 5.05. The van der Waals surface area contributed by atoms with Gasteiger partial charge in [-0.1, -0.05) is 22.9 Å². The number of halogens is 2. The van der Waals surface area contributed by atoms with Crippen molar-refractivity contribution < 1.29 is 8.42 Å². The lowest BCUT2D eigenvalue weighted by atomic mass is 10.4. The molecule has 0 aliphatic carbocycles. The van der Waals surface area contributed by atoms with Crippen molar-refractivity contribution in [1.82, 2.24) is 9.21 Å². The van der Waals surface area contributed by atoms with Crippen LogP contribution in [0.3, 0.4) is 0 Å². The summed E-state index contributed by atoms with van der Waals surface area (Å²) >= 11 is 6.66. The van der Waals surface area contributed by atoms with Crippen LogP contribution in [0.4, 0.5) is 0 Å². The average Bonchev–Trinajstić information content (AvgIpc) is 2.38. The number of piperazine rings is 1. The number of sulfonamides is 1. The van der Waals surface area contributed by atoms with Gasteiger partial charge in [0.05, 0.1) is 4.90 Å². The smallest absolute Gasteiger partial charge is 0.244 e. The number of benzene rings is 1. The van der Waals surface area contributed by atoms with Crippen molar-refractivity contribution in [2.24, 2.45) is 0 Å². The number of hydrogen-bond acceptors (Lipinski definition) is 3. The minimum Gasteiger partial charge on any atom is -0.301 e. The predicted molar refractivity (Wildman–Crippen MR) is 82.7 cm³/mol. The van der Waals surface area contributed by atoms with Gasteiger partial charge in [0.15, 0.2) is 0 Å². The molecular formula is C12H16Br2N2O2S. The van der Waals surface area contributed by atoms with Crippen molar-refractivity contribution in [2.75, 3.05) is 32.7 Å². The monoisotopic (exact) mass is 410 g/mol. The van der Waals surface area contributed by atoms with Crippen molar-refractivity contribution in [2.45, 2.75) is 11.8 Å². The molecule has 0 bridgehead atoms. The number of rotatable bonds is 3. The van der Waals surface area contributed by atoms with Gasteiger partial charge >= 0.3 is 0 Å². The molecule has 1 aliphatic rings. The fourth-order valence-electron chi connectivity index (χ4n) is 2.11. The summed E-state index contributed by atoms with van der Waals surface area (Å²) in [7, 11) is -3.40. The summed E-state index contributed by atoms with van der Waals surface area (Å²) in [5.74, 6) is 0. The van der Waals surface area contributed by atoms with Gasteiger partial charge in [0.1, 0.15) is 0 Å². The summed E-state index contributed by atoms with van der Waals surface area (Å²) < 4.78 is 28.2. The van der Waals surface area contributed by atoms with Crippen molar-refractivity contribution in [3.63, 3.8) is 0 Å². The van der Waals surface area contributed by atoms with E-state index in [-0.39, 0.29) is 0 Å². The van der Waals surface area contributed by atoms with Gasteiger partial charge in [-0.15, -0.1) is 0 Å². The lowest BCUT2D eigenvalue weighted by molar-refractivity contribution is 0.196. The summed E-state index contributed by atoms with van der Waals surface area (Å²) in [6.45, 7) is 5.76. The van der Waals surface area contributed by atoms with Gasteiger partial charge < -0.3 is 4.90 Å². The molecule has 106 valence electrons. The molecule has 0 unspecified atom stereocenters. The van der Waals surface area contributed by atoms with Crippen LogP contribution < -0.4 is 0 Å². The first-order valence-electron chi connectivity index (χ1n) is 6.12. The summed E-state index contributed by atoms with van der Waals surface area (Å²) in [5.41, 5.74) is 0. The van der Waals surface area contributed by atoms with E-state index in [2.05, 4.69) is 43.7 Å². The van der Waals surface area contributed by atoms with Crippen LogP contribution in [-0.2, 0) is 10.0 Å². The topological polar surface area (TPSA) is 40.6 Å². The number of likely N-dealkylation sites (N-methyl/N-ethyl adjacent to an activating group) is 1. The lowest BCUT2D eigenvalue weighted by Crippen LogP contribution is -2.48. The molecule has 0 radical (unpaired) electrons. The zero-order valence-corrected chi connectivity index (χ0v) is 14.6. The molecular weight excluding hydrogens is 396 g/mol. The standard InChI is InChI=1S/C12H16Br2N2O2S/c1-2-15-5-7-16(8-6-15)19(17,18)12-4-3-10(13)9-11(12)14/h3-4,9H,2,5-8H2,1H3. The van der Waals surface area contributed by atoms with Crippen LogP contribution in [0.2, 0.25) is 0 Å². The van der Waals surface area contributed by atoms with Crippen LogP contribution in [0.25, 0.3) is 0 Å². The molecule has 1 saturated heterocycles. The molecule has 0 aromatic heterocycles. The fourth-order valence-corrected chi connectivity index (χ4v) is 5.24. The molecule has 1 aromatic rings. The Bertz CT molecular complexity index is 555. The fraction of sp³-hybridized carbons (Fsp3) is 0.500. The van der Waals surface area contributed by atoms with E-state index in [1.54, 1.807) is 22.5 Å². The Balaban J connectivity index is 2.23. The second kappa shape index (κ2) is 6.22. The van der Waals surface area contributed by atoms with E-state index in [0.717, 1.165) is 24.1 Å². The van der Waals surface area contributed by atoms with Crippen molar-refractivity contribution in [1.29, 1.82) is 0 Å². The third kappa shape index (κ3) is 3.39. The maximum Gasteiger partial charge on any atom is 0.244 e. The van der Waals surface area contributed by atoms with E-state index < -0.39 is 10.0 Å². The maximum atomic E-state index is 12.6. The van der Waals surface area contributed by atoms with Gasteiger partial charge in [-0.3, -0.25) is 0 Å². The van der Waals surface area contributed by atoms with Gasteiger partial charge in [0, 0.05) is 35.1 Å². The van der Waals surface area contributed by atoms with E-state index in [1.807, 2.05) is 0 Å². The molecule has 1 aromatic carbocycles. The Morgan fingerprint density at radius 2 is 1.79 bits per heavy atom. The first-order chi connectivity index (χ1) is 8.95. The van der Waals surface area contributed by atoms with Gasteiger partial charge in [0.2, 0.25) is 10.0 Å². The van der Waals surface area contributed by atoms with Crippen molar-refractivity contribution in [3.05, 3.63) is 27.1 Å². The second-order valence-corrected chi connectivity index (χ2v) is 8.09. The molecule has 0 amide bonds. The van der Waals surface area contributed by atoms with Gasteiger partial charge in [-0.05, 0) is 40.7 Å². The highest BCUT2D eigenvalue weighted by atomic mass is 79.9.